The molecule has 1 saturated heterocycles. The smallest absolute Gasteiger partial charge is 0.224 e. The number of anilines is 1. The van der Waals surface area contributed by atoms with Gasteiger partial charge in [0.05, 0.1) is 0 Å². The molecule has 5 nitrogen and oxygen atoms in total. The second-order valence-corrected chi connectivity index (χ2v) is 7.90. The molecule has 2 aliphatic rings. The number of rotatable bonds is 8. The Kier molecular flexibility index (Phi) is 6.67. The molecule has 0 aromatic heterocycles. The highest BCUT2D eigenvalue weighted by Gasteiger charge is 2.28. The molecule has 1 atom stereocenters. The second-order valence-electron chi connectivity index (χ2n) is 7.90. The number of nitrogens with one attached hydrogen (secondary N) is 2. The number of amides is 2. The van der Waals surface area contributed by atoms with Gasteiger partial charge >= 0.3 is 0 Å². The van der Waals surface area contributed by atoms with E-state index in [0.717, 1.165) is 31.0 Å². The quantitative estimate of drug-likeness (QED) is 0.703. The van der Waals surface area contributed by atoms with Crippen molar-refractivity contribution in [2.45, 2.75) is 52.0 Å². The Morgan fingerprint density at radius 2 is 1.92 bits per heavy atom. The highest BCUT2D eigenvalue weighted by atomic mass is 16.2. The van der Waals surface area contributed by atoms with E-state index >= 15 is 0 Å². The molecule has 3 rings (SSSR count). The van der Waals surface area contributed by atoms with E-state index in [1.54, 1.807) is 0 Å². The topological polar surface area (TPSA) is 61.4 Å². The first-order chi connectivity index (χ1) is 12.6. The first-order valence-corrected chi connectivity index (χ1v) is 9.99. The number of nitrogens with zero attached hydrogens (tertiary/aromatic N) is 1. The van der Waals surface area contributed by atoms with Crippen LogP contribution in [-0.4, -0.2) is 36.3 Å². The first-order valence-electron chi connectivity index (χ1n) is 9.99. The summed E-state index contributed by atoms with van der Waals surface area (Å²) in [5.41, 5.74) is 2.13. The van der Waals surface area contributed by atoms with Crippen LogP contribution >= 0.6 is 0 Å². The Morgan fingerprint density at radius 1 is 1.15 bits per heavy atom. The molecular weight excluding hydrogens is 326 g/mol. The SMILES string of the molecule is CC1CCCN(Cc2ccc(NC(=O)CCCNC(=O)C3CC3)cc2)C1. The van der Waals surface area contributed by atoms with Crippen LogP contribution in [0.5, 0.6) is 0 Å². The van der Waals surface area contributed by atoms with Gasteiger partial charge in [-0.2, -0.15) is 0 Å². The Hall–Kier alpha value is -1.88. The lowest BCUT2D eigenvalue weighted by molar-refractivity contribution is -0.122. The fraction of sp³-hybridized carbons (Fsp3) is 0.619. The summed E-state index contributed by atoms with van der Waals surface area (Å²) in [5.74, 6) is 1.17. The minimum atomic E-state index is 0.00303. The molecule has 1 unspecified atom stereocenters. The van der Waals surface area contributed by atoms with Gasteiger partial charge in [0.2, 0.25) is 11.8 Å². The summed E-state index contributed by atoms with van der Waals surface area (Å²) in [6, 6.07) is 8.17. The normalized spacial score (nSPS) is 20.6. The van der Waals surface area contributed by atoms with Gasteiger partial charge in [-0.25, -0.2) is 0 Å². The Bertz CT molecular complexity index is 610. The fourth-order valence-corrected chi connectivity index (χ4v) is 3.56. The van der Waals surface area contributed by atoms with Crippen molar-refractivity contribution >= 4 is 17.5 Å². The van der Waals surface area contributed by atoms with Gasteiger partial charge < -0.3 is 10.6 Å². The summed E-state index contributed by atoms with van der Waals surface area (Å²) < 4.78 is 0. The van der Waals surface area contributed by atoms with E-state index in [1.807, 2.05) is 12.1 Å². The van der Waals surface area contributed by atoms with E-state index in [1.165, 1.54) is 31.5 Å². The Morgan fingerprint density at radius 3 is 2.62 bits per heavy atom. The molecule has 26 heavy (non-hydrogen) atoms. The molecule has 1 saturated carbocycles. The minimum absolute atomic E-state index is 0.00303. The van der Waals surface area contributed by atoms with Crippen molar-refractivity contribution in [2.24, 2.45) is 11.8 Å². The van der Waals surface area contributed by atoms with Crippen molar-refractivity contribution < 1.29 is 9.59 Å². The summed E-state index contributed by atoms with van der Waals surface area (Å²) in [7, 11) is 0. The van der Waals surface area contributed by atoms with Crippen LogP contribution in [0.15, 0.2) is 24.3 Å². The van der Waals surface area contributed by atoms with Crippen molar-refractivity contribution in [3.63, 3.8) is 0 Å². The van der Waals surface area contributed by atoms with Gasteiger partial charge in [-0.15, -0.1) is 0 Å². The largest absolute Gasteiger partial charge is 0.356 e. The summed E-state index contributed by atoms with van der Waals surface area (Å²) in [4.78, 5) is 26.0. The van der Waals surface area contributed by atoms with Crippen LogP contribution in [0.1, 0.15) is 51.0 Å². The monoisotopic (exact) mass is 357 g/mol. The third-order valence-electron chi connectivity index (χ3n) is 5.21. The van der Waals surface area contributed by atoms with Gasteiger partial charge in [-0.1, -0.05) is 19.1 Å². The molecule has 1 aromatic rings. The molecule has 0 radical (unpaired) electrons. The molecular formula is C21H31N3O2. The van der Waals surface area contributed by atoms with Gasteiger partial charge in [-0.3, -0.25) is 14.5 Å². The molecule has 2 N–H and O–H groups in total. The number of carbonyl (C=O) groups is 2. The number of likely N-dealkylation sites (tertiary alicyclic amines) is 1. The third kappa shape index (κ3) is 6.13. The lowest BCUT2D eigenvalue weighted by Crippen LogP contribution is -2.33. The zero-order valence-corrected chi connectivity index (χ0v) is 15.8. The number of hydrogen-bond donors (Lipinski definition) is 2. The first kappa shape index (κ1) is 18.9. The minimum Gasteiger partial charge on any atom is -0.356 e. The van der Waals surface area contributed by atoms with Crippen molar-refractivity contribution in [2.75, 3.05) is 25.0 Å². The molecule has 2 amide bonds. The van der Waals surface area contributed by atoms with Crippen LogP contribution in [0.2, 0.25) is 0 Å². The predicted molar refractivity (Wildman–Crippen MR) is 104 cm³/mol. The average molecular weight is 357 g/mol. The van der Waals surface area contributed by atoms with Crippen molar-refractivity contribution in [1.29, 1.82) is 0 Å². The van der Waals surface area contributed by atoms with Gasteiger partial charge in [0.25, 0.3) is 0 Å². The van der Waals surface area contributed by atoms with Crippen molar-refractivity contribution in [3.8, 4) is 0 Å². The van der Waals surface area contributed by atoms with E-state index in [0.29, 0.717) is 19.4 Å². The van der Waals surface area contributed by atoms with Crippen molar-refractivity contribution in [3.05, 3.63) is 29.8 Å². The van der Waals surface area contributed by atoms with Crippen LogP contribution < -0.4 is 10.6 Å². The maximum absolute atomic E-state index is 12.0. The maximum Gasteiger partial charge on any atom is 0.224 e. The van der Waals surface area contributed by atoms with Gasteiger partial charge in [-0.05, 0) is 62.3 Å². The molecule has 0 spiro atoms. The summed E-state index contributed by atoms with van der Waals surface area (Å²) in [5, 5.41) is 5.83. The van der Waals surface area contributed by atoms with E-state index < -0.39 is 0 Å². The molecule has 2 fully saturated rings. The van der Waals surface area contributed by atoms with Crippen LogP contribution in [-0.2, 0) is 16.1 Å². The van der Waals surface area contributed by atoms with Crippen LogP contribution in [0.25, 0.3) is 0 Å². The van der Waals surface area contributed by atoms with Crippen LogP contribution in [0.4, 0.5) is 5.69 Å². The molecule has 142 valence electrons. The fourth-order valence-electron chi connectivity index (χ4n) is 3.56. The second kappa shape index (κ2) is 9.17. The van der Waals surface area contributed by atoms with Crippen LogP contribution in [0.3, 0.4) is 0 Å². The van der Waals surface area contributed by atoms with E-state index in [-0.39, 0.29) is 17.7 Å². The standard InChI is InChI=1S/C21H31N3O2/c1-16-4-3-13-24(14-16)15-17-6-10-19(11-7-17)23-20(25)5-2-12-22-21(26)18-8-9-18/h6-7,10-11,16,18H,2-5,8-9,12-15H2,1H3,(H,22,26)(H,23,25). The summed E-state index contributed by atoms with van der Waals surface area (Å²) in [6.45, 7) is 6.24. The number of piperidine rings is 1. The van der Waals surface area contributed by atoms with Crippen LogP contribution in [0, 0.1) is 11.8 Å². The van der Waals surface area contributed by atoms with Gasteiger partial charge in [0.15, 0.2) is 0 Å². The Labute approximate surface area is 156 Å². The highest BCUT2D eigenvalue weighted by Crippen LogP contribution is 2.28. The highest BCUT2D eigenvalue weighted by molar-refractivity contribution is 5.90. The summed E-state index contributed by atoms with van der Waals surface area (Å²) >= 11 is 0. The molecule has 1 aliphatic heterocycles. The third-order valence-corrected chi connectivity index (χ3v) is 5.21. The molecule has 1 aromatic carbocycles. The molecule has 0 bridgehead atoms. The summed E-state index contributed by atoms with van der Waals surface area (Å²) in [6.07, 6.45) is 5.76. The lowest BCUT2D eigenvalue weighted by atomic mass is 10.00. The zero-order valence-electron chi connectivity index (χ0n) is 15.8. The van der Waals surface area contributed by atoms with E-state index in [2.05, 4.69) is 34.6 Å². The number of hydrogen-bond acceptors (Lipinski definition) is 3. The van der Waals surface area contributed by atoms with Gasteiger partial charge in [0, 0.05) is 37.7 Å². The lowest BCUT2D eigenvalue weighted by Gasteiger charge is -2.30. The number of carbonyl (C=O) groups excluding carboxylic acids is 2. The molecule has 1 aliphatic carbocycles. The maximum atomic E-state index is 12.0. The number of benzene rings is 1. The predicted octanol–water partition coefficient (Wildman–Crippen LogP) is 3.16. The van der Waals surface area contributed by atoms with E-state index in [4.69, 9.17) is 0 Å². The average Bonchev–Trinajstić information content (AvgIpc) is 3.45. The molecule has 1 heterocycles. The Balaban J connectivity index is 1.35. The zero-order chi connectivity index (χ0) is 18.4. The molecule has 5 heteroatoms. The van der Waals surface area contributed by atoms with E-state index in [9.17, 15) is 9.59 Å². The van der Waals surface area contributed by atoms with Crippen molar-refractivity contribution in [1.82, 2.24) is 10.2 Å². The van der Waals surface area contributed by atoms with Gasteiger partial charge in [0.1, 0.15) is 0 Å².